The molecule has 5 fully saturated rings. The first kappa shape index (κ1) is 35.3. The number of pyridine rings is 1. The van der Waals surface area contributed by atoms with Crippen molar-refractivity contribution in [2.45, 2.75) is 101 Å². The van der Waals surface area contributed by atoms with Gasteiger partial charge in [-0.1, -0.05) is 18.0 Å². The fraction of sp³-hybridized carbons (Fsp3) is 0.641. The molecule has 3 atom stereocenters. The standard InChI is InChI=1S/C39H49ClFN7O5/c1-23-26(40)18-27-25(19-42-46-27)29(23)32-31(41)33-30(35(43-32)50-3)34(47-15-17-51-21-37(2,49)20-47)45-36(44-33)52-22-38-9-4-6-28(38)48(14-5-10-38)24-7-11-39(12-8-24)13-16-53-39/h18-19,24,28,49H,4-17,20-22H2,1-3H3,(H,42,46). The third-order valence-electron chi connectivity index (χ3n) is 13.0. The molecule has 53 heavy (non-hydrogen) atoms. The monoisotopic (exact) mass is 749 g/mol. The number of rotatable bonds is 7. The minimum absolute atomic E-state index is 0.0211. The maximum atomic E-state index is 17.3. The first-order chi connectivity index (χ1) is 25.6. The van der Waals surface area contributed by atoms with Gasteiger partial charge in [0.15, 0.2) is 5.82 Å². The van der Waals surface area contributed by atoms with E-state index in [-0.39, 0.29) is 47.3 Å². The molecule has 0 amide bonds. The van der Waals surface area contributed by atoms with Crippen LogP contribution in [0, 0.1) is 18.2 Å². The summed E-state index contributed by atoms with van der Waals surface area (Å²) in [7, 11) is 1.50. The first-order valence-corrected chi connectivity index (χ1v) is 19.6. The predicted octanol–water partition coefficient (Wildman–Crippen LogP) is 6.38. The van der Waals surface area contributed by atoms with E-state index < -0.39 is 11.4 Å². The van der Waals surface area contributed by atoms with Crippen molar-refractivity contribution in [3.8, 4) is 23.1 Å². The summed E-state index contributed by atoms with van der Waals surface area (Å²) >= 11 is 6.65. The zero-order valence-corrected chi connectivity index (χ0v) is 31.6. The van der Waals surface area contributed by atoms with Crippen molar-refractivity contribution in [1.29, 1.82) is 0 Å². The smallest absolute Gasteiger partial charge is 0.319 e. The van der Waals surface area contributed by atoms with Gasteiger partial charge in [-0.3, -0.25) is 10.00 Å². The molecule has 1 aromatic carbocycles. The van der Waals surface area contributed by atoms with Gasteiger partial charge in [-0.15, -0.1) is 0 Å². The highest BCUT2D eigenvalue weighted by Crippen LogP contribution is 2.51. The summed E-state index contributed by atoms with van der Waals surface area (Å²) in [5.74, 6) is -0.120. The topological polar surface area (TPSA) is 131 Å². The second-order valence-electron chi connectivity index (χ2n) is 16.4. The van der Waals surface area contributed by atoms with Gasteiger partial charge in [-0.05, 0) is 89.8 Å². The molecular weight excluding hydrogens is 701 g/mol. The Hall–Kier alpha value is -3.36. The molecule has 2 N–H and O–H groups in total. The number of H-pyrrole nitrogens is 1. The Kier molecular flexibility index (Phi) is 8.96. The summed E-state index contributed by atoms with van der Waals surface area (Å²) in [5, 5.41) is 19.8. The number of fused-ring (bicyclic) bond motifs is 3. The summed E-state index contributed by atoms with van der Waals surface area (Å²) in [6.07, 6.45) is 13.1. The normalized spacial score (nSPS) is 30.8. The van der Waals surface area contributed by atoms with Gasteiger partial charge in [0, 0.05) is 40.0 Å². The largest absolute Gasteiger partial charge is 0.480 e. The van der Waals surface area contributed by atoms with Crippen LogP contribution in [0.15, 0.2) is 12.3 Å². The number of aliphatic hydroxyl groups is 1. The summed E-state index contributed by atoms with van der Waals surface area (Å²) in [5.41, 5.74) is 0.804. The number of nitrogens with zero attached hydrogens (tertiary/aromatic N) is 6. The molecule has 2 saturated carbocycles. The lowest BCUT2D eigenvalue weighted by Crippen LogP contribution is -2.58. The molecule has 3 aromatic heterocycles. The maximum absolute atomic E-state index is 17.3. The third kappa shape index (κ3) is 6.11. The van der Waals surface area contributed by atoms with E-state index in [9.17, 15) is 5.11 Å². The Balaban J connectivity index is 1.11. The Labute approximate surface area is 313 Å². The number of anilines is 1. The van der Waals surface area contributed by atoms with E-state index in [2.05, 4.69) is 15.1 Å². The van der Waals surface area contributed by atoms with Crippen LogP contribution in [0.1, 0.15) is 76.7 Å². The summed E-state index contributed by atoms with van der Waals surface area (Å²) < 4.78 is 41.6. The van der Waals surface area contributed by atoms with Crippen LogP contribution in [-0.2, 0) is 9.47 Å². The van der Waals surface area contributed by atoms with E-state index in [1.807, 2.05) is 11.8 Å². The molecule has 14 heteroatoms. The lowest BCUT2D eigenvalue weighted by molar-refractivity contribution is -0.175. The molecule has 284 valence electrons. The Morgan fingerprint density at radius 2 is 1.89 bits per heavy atom. The van der Waals surface area contributed by atoms with E-state index in [0.29, 0.717) is 70.1 Å². The SMILES string of the molecule is COc1nc(-c2c(C)c(Cl)cc3[nH]ncc23)c(F)c2nc(OCC34CCCC3N(C3CCC5(CCO5)CC3)CCC4)nc(N3CCOCC(C)(O)C3)c12. The van der Waals surface area contributed by atoms with Gasteiger partial charge in [0.2, 0.25) is 5.88 Å². The number of hydrogen-bond acceptors (Lipinski definition) is 11. The molecule has 3 aliphatic heterocycles. The number of nitrogens with one attached hydrogen (secondary N) is 1. The Bertz CT molecular complexity index is 2030. The molecule has 0 bridgehead atoms. The molecule has 5 aliphatic rings. The molecule has 0 radical (unpaired) electrons. The number of benzene rings is 1. The highest BCUT2D eigenvalue weighted by atomic mass is 35.5. The van der Waals surface area contributed by atoms with Gasteiger partial charge < -0.3 is 29.0 Å². The van der Waals surface area contributed by atoms with Gasteiger partial charge in [-0.25, -0.2) is 9.37 Å². The number of ether oxygens (including phenoxy) is 4. The number of halogens is 2. The van der Waals surface area contributed by atoms with E-state index >= 15 is 4.39 Å². The zero-order chi connectivity index (χ0) is 36.5. The number of likely N-dealkylation sites (tertiary alicyclic amines) is 1. The second-order valence-corrected chi connectivity index (χ2v) is 16.8. The lowest BCUT2D eigenvalue weighted by atomic mass is 9.72. The van der Waals surface area contributed by atoms with Crippen molar-refractivity contribution in [3.63, 3.8) is 0 Å². The summed E-state index contributed by atoms with van der Waals surface area (Å²) in [4.78, 5) is 19.2. The molecule has 9 rings (SSSR count). The zero-order valence-electron chi connectivity index (χ0n) is 30.8. The number of methoxy groups -OCH3 is 1. The molecule has 1 spiro atoms. The van der Waals surface area contributed by atoms with Crippen LogP contribution in [0.5, 0.6) is 11.9 Å². The van der Waals surface area contributed by atoms with Crippen LogP contribution in [0.4, 0.5) is 10.2 Å². The molecule has 3 unspecified atom stereocenters. The number of β-amino-alcohol motifs (C(OH)–C–C–N with tert-alkyl or cyclic N) is 1. The molecule has 4 aromatic rings. The fourth-order valence-corrected chi connectivity index (χ4v) is 10.4. The van der Waals surface area contributed by atoms with Gasteiger partial charge in [0.1, 0.15) is 28.0 Å². The fourth-order valence-electron chi connectivity index (χ4n) is 10.2. The van der Waals surface area contributed by atoms with Crippen molar-refractivity contribution in [2.24, 2.45) is 5.41 Å². The van der Waals surface area contributed by atoms with Crippen LogP contribution in [0.2, 0.25) is 5.02 Å². The quantitative estimate of drug-likeness (QED) is 0.218. The van der Waals surface area contributed by atoms with Gasteiger partial charge in [0.05, 0.1) is 57.4 Å². The van der Waals surface area contributed by atoms with Gasteiger partial charge >= 0.3 is 6.01 Å². The number of piperidine rings is 1. The minimum Gasteiger partial charge on any atom is -0.480 e. The van der Waals surface area contributed by atoms with Crippen LogP contribution < -0.4 is 14.4 Å². The Morgan fingerprint density at radius 1 is 1.08 bits per heavy atom. The van der Waals surface area contributed by atoms with E-state index in [4.69, 9.17) is 45.5 Å². The van der Waals surface area contributed by atoms with Gasteiger partial charge in [0.25, 0.3) is 0 Å². The first-order valence-electron chi connectivity index (χ1n) is 19.2. The highest BCUT2D eigenvalue weighted by molar-refractivity contribution is 6.33. The van der Waals surface area contributed by atoms with E-state index in [1.165, 1.54) is 26.4 Å². The number of aromatic amines is 1. The molecular formula is C39H49ClFN7O5. The van der Waals surface area contributed by atoms with E-state index in [0.717, 1.165) is 58.1 Å². The molecule has 3 saturated heterocycles. The van der Waals surface area contributed by atoms with Crippen LogP contribution in [-0.4, -0.2) is 112 Å². The maximum Gasteiger partial charge on any atom is 0.319 e. The average molecular weight is 750 g/mol. The van der Waals surface area contributed by atoms with Crippen molar-refractivity contribution >= 4 is 39.2 Å². The summed E-state index contributed by atoms with van der Waals surface area (Å²) in [6, 6.07) is 2.85. The average Bonchev–Trinajstić information content (AvgIpc) is 3.75. The summed E-state index contributed by atoms with van der Waals surface area (Å²) in [6.45, 7) is 7.14. The van der Waals surface area contributed by atoms with Gasteiger partial charge in [-0.2, -0.15) is 15.1 Å². The van der Waals surface area contributed by atoms with E-state index in [1.54, 1.807) is 19.2 Å². The third-order valence-corrected chi connectivity index (χ3v) is 13.4. The number of hydrogen-bond donors (Lipinski definition) is 2. The van der Waals surface area contributed by atoms with Crippen molar-refractivity contribution in [3.05, 3.63) is 28.7 Å². The van der Waals surface area contributed by atoms with Crippen molar-refractivity contribution in [1.82, 2.24) is 30.0 Å². The lowest BCUT2D eigenvalue weighted by Gasteiger charge is -2.53. The predicted molar refractivity (Wildman–Crippen MR) is 199 cm³/mol. The molecule has 2 aliphatic carbocycles. The van der Waals surface area contributed by atoms with Crippen molar-refractivity contribution in [2.75, 3.05) is 58.1 Å². The van der Waals surface area contributed by atoms with Crippen molar-refractivity contribution < 1.29 is 28.4 Å². The second kappa shape index (κ2) is 13.4. The molecule has 12 nitrogen and oxygen atoms in total. The molecule has 6 heterocycles. The van der Waals surface area contributed by atoms with Crippen LogP contribution in [0.3, 0.4) is 0 Å². The van der Waals surface area contributed by atoms with Crippen LogP contribution in [0.25, 0.3) is 33.1 Å². The minimum atomic E-state index is -1.18. The number of aromatic nitrogens is 5. The van der Waals surface area contributed by atoms with Crippen LogP contribution >= 0.6 is 11.6 Å². The Morgan fingerprint density at radius 3 is 2.66 bits per heavy atom. The highest BCUT2D eigenvalue weighted by Gasteiger charge is 2.52.